The highest BCUT2D eigenvalue weighted by Crippen LogP contribution is 2.21. The van der Waals surface area contributed by atoms with E-state index in [9.17, 15) is 9.18 Å². The molecule has 0 aliphatic carbocycles. The number of carbonyl (C=O) groups excluding carboxylic acids is 1. The Bertz CT molecular complexity index is 961. The first-order valence-corrected chi connectivity index (χ1v) is 8.59. The smallest absolute Gasteiger partial charge is 0.256 e. The van der Waals surface area contributed by atoms with Crippen molar-refractivity contribution >= 4 is 23.3 Å². The minimum absolute atomic E-state index is 0.191. The molecule has 1 heterocycles. The Kier molecular flexibility index (Phi) is 5.09. The SMILES string of the molecule is Cc1ccc(C(=O)Nc2cc(C)n(Cc3c(F)cccc3Cl)n2)cc1C. The van der Waals surface area contributed by atoms with E-state index >= 15 is 0 Å². The van der Waals surface area contributed by atoms with Crippen molar-refractivity contribution in [1.29, 1.82) is 0 Å². The van der Waals surface area contributed by atoms with E-state index in [1.807, 2.05) is 32.9 Å². The number of aryl methyl sites for hydroxylation is 3. The van der Waals surface area contributed by atoms with Crippen molar-refractivity contribution in [3.8, 4) is 0 Å². The van der Waals surface area contributed by atoms with Crippen molar-refractivity contribution in [2.45, 2.75) is 27.3 Å². The van der Waals surface area contributed by atoms with Crippen LogP contribution >= 0.6 is 11.6 Å². The van der Waals surface area contributed by atoms with Crippen LogP contribution in [-0.2, 0) is 6.54 Å². The monoisotopic (exact) mass is 371 g/mol. The molecule has 0 atom stereocenters. The van der Waals surface area contributed by atoms with Crippen molar-refractivity contribution in [2.24, 2.45) is 0 Å². The van der Waals surface area contributed by atoms with Crippen LogP contribution in [0.15, 0.2) is 42.5 Å². The molecule has 3 aromatic rings. The summed E-state index contributed by atoms with van der Waals surface area (Å²) in [4.78, 5) is 12.4. The summed E-state index contributed by atoms with van der Waals surface area (Å²) in [5.41, 5.74) is 3.90. The maximum absolute atomic E-state index is 14.0. The van der Waals surface area contributed by atoms with Gasteiger partial charge in [-0.15, -0.1) is 0 Å². The van der Waals surface area contributed by atoms with Crippen molar-refractivity contribution in [3.63, 3.8) is 0 Å². The summed E-state index contributed by atoms with van der Waals surface area (Å²) < 4.78 is 15.6. The van der Waals surface area contributed by atoms with Crippen molar-refractivity contribution in [3.05, 3.63) is 81.3 Å². The van der Waals surface area contributed by atoms with Gasteiger partial charge in [-0.2, -0.15) is 5.10 Å². The van der Waals surface area contributed by atoms with Crippen LogP contribution < -0.4 is 5.32 Å². The van der Waals surface area contributed by atoms with Crippen molar-refractivity contribution in [2.75, 3.05) is 5.32 Å². The molecule has 0 saturated heterocycles. The zero-order chi connectivity index (χ0) is 18.8. The summed E-state index contributed by atoms with van der Waals surface area (Å²) in [6, 6.07) is 11.8. The van der Waals surface area contributed by atoms with Gasteiger partial charge in [-0.25, -0.2) is 4.39 Å². The van der Waals surface area contributed by atoms with E-state index < -0.39 is 0 Å². The van der Waals surface area contributed by atoms with Crippen LogP contribution in [0.2, 0.25) is 5.02 Å². The summed E-state index contributed by atoms with van der Waals surface area (Å²) in [6.07, 6.45) is 0. The first-order chi connectivity index (χ1) is 12.3. The number of nitrogens with zero attached hydrogens (tertiary/aromatic N) is 2. The normalized spacial score (nSPS) is 10.8. The van der Waals surface area contributed by atoms with Gasteiger partial charge in [0.2, 0.25) is 0 Å². The Labute approximate surface area is 156 Å². The summed E-state index contributed by atoms with van der Waals surface area (Å²) in [6.45, 7) is 5.99. The molecule has 6 heteroatoms. The van der Waals surface area contributed by atoms with Crippen molar-refractivity contribution < 1.29 is 9.18 Å². The highest BCUT2D eigenvalue weighted by Gasteiger charge is 2.13. The number of carbonyl (C=O) groups is 1. The summed E-state index contributed by atoms with van der Waals surface area (Å²) in [5.74, 6) is -0.201. The van der Waals surface area contributed by atoms with E-state index in [0.717, 1.165) is 16.8 Å². The van der Waals surface area contributed by atoms with Gasteiger partial charge in [0.15, 0.2) is 5.82 Å². The van der Waals surface area contributed by atoms with E-state index in [2.05, 4.69) is 10.4 Å². The molecule has 0 bridgehead atoms. The zero-order valence-electron chi connectivity index (χ0n) is 14.8. The van der Waals surface area contributed by atoms with Gasteiger partial charge in [0.1, 0.15) is 5.82 Å². The Morgan fingerprint density at radius 2 is 1.92 bits per heavy atom. The second kappa shape index (κ2) is 7.30. The number of halogens is 2. The van der Waals surface area contributed by atoms with E-state index in [4.69, 9.17) is 11.6 Å². The Balaban J connectivity index is 1.79. The highest BCUT2D eigenvalue weighted by molar-refractivity contribution is 6.31. The first kappa shape index (κ1) is 18.1. The van der Waals surface area contributed by atoms with Crippen molar-refractivity contribution in [1.82, 2.24) is 9.78 Å². The third kappa shape index (κ3) is 3.78. The van der Waals surface area contributed by atoms with Gasteiger partial charge in [0, 0.05) is 27.9 Å². The van der Waals surface area contributed by atoms with Gasteiger partial charge in [-0.3, -0.25) is 9.48 Å². The molecule has 134 valence electrons. The van der Waals surface area contributed by atoms with Gasteiger partial charge in [-0.1, -0.05) is 23.7 Å². The molecule has 0 aliphatic rings. The lowest BCUT2D eigenvalue weighted by Crippen LogP contribution is -2.13. The maximum Gasteiger partial charge on any atom is 0.256 e. The molecule has 0 unspecified atom stereocenters. The van der Waals surface area contributed by atoms with Gasteiger partial charge in [0.25, 0.3) is 5.91 Å². The molecule has 0 fully saturated rings. The number of amides is 1. The number of aromatic nitrogens is 2. The topological polar surface area (TPSA) is 46.9 Å². The summed E-state index contributed by atoms with van der Waals surface area (Å²) in [7, 11) is 0. The molecule has 26 heavy (non-hydrogen) atoms. The molecular weight excluding hydrogens is 353 g/mol. The second-order valence-electron chi connectivity index (χ2n) is 6.28. The molecule has 1 aromatic heterocycles. The number of anilines is 1. The lowest BCUT2D eigenvalue weighted by molar-refractivity contribution is 0.102. The van der Waals surface area contributed by atoms with E-state index in [-0.39, 0.29) is 18.3 Å². The number of nitrogens with one attached hydrogen (secondary N) is 1. The zero-order valence-corrected chi connectivity index (χ0v) is 15.6. The van der Waals surface area contributed by atoms with Gasteiger partial charge >= 0.3 is 0 Å². The standard InChI is InChI=1S/C20H19ClFN3O/c1-12-7-8-15(9-13(12)2)20(26)23-19-10-14(3)25(24-19)11-16-17(21)5-4-6-18(16)22/h4-10H,11H2,1-3H3,(H,23,24,26). The number of hydrogen-bond acceptors (Lipinski definition) is 2. The first-order valence-electron chi connectivity index (χ1n) is 8.21. The minimum Gasteiger partial charge on any atom is -0.305 e. The summed E-state index contributed by atoms with van der Waals surface area (Å²) in [5, 5.41) is 7.48. The second-order valence-corrected chi connectivity index (χ2v) is 6.69. The maximum atomic E-state index is 14.0. The van der Waals surface area contributed by atoms with Crippen LogP contribution in [0.25, 0.3) is 0 Å². The van der Waals surface area contributed by atoms with Crippen LogP contribution in [0.5, 0.6) is 0 Å². The third-order valence-electron chi connectivity index (χ3n) is 4.36. The average Bonchev–Trinajstić information content (AvgIpc) is 2.93. The fourth-order valence-corrected chi connectivity index (χ4v) is 2.86. The fourth-order valence-electron chi connectivity index (χ4n) is 2.64. The molecule has 2 aromatic carbocycles. The largest absolute Gasteiger partial charge is 0.305 e. The Hall–Kier alpha value is -2.66. The molecule has 0 spiro atoms. The number of rotatable bonds is 4. The average molecular weight is 372 g/mol. The predicted octanol–water partition coefficient (Wildman–Crippen LogP) is 4.90. The fraction of sp³-hybridized carbons (Fsp3) is 0.200. The van der Waals surface area contributed by atoms with Crippen LogP contribution in [0.3, 0.4) is 0 Å². The minimum atomic E-state index is -0.381. The Morgan fingerprint density at radius 3 is 2.62 bits per heavy atom. The molecule has 0 radical (unpaired) electrons. The van der Waals surface area contributed by atoms with E-state index in [1.54, 1.807) is 28.9 Å². The molecule has 0 aliphatic heterocycles. The van der Waals surface area contributed by atoms with E-state index in [1.165, 1.54) is 6.07 Å². The highest BCUT2D eigenvalue weighted by atomic mass is 35.5. The summed E-state index contributed by atoms with van der Waals surface area (Å²) >= 11 is 6.08. The molecular formula is C20H19ClFN3O. The van der Waals surface area contributed by atoms with Crippen LogP contribution in [0, 0.1) is 26.6 Å². The molecule has 0 saturated carbocycles. The lowest BCUT2D eigenvalue weighted by Gasteiger charge is -2.08. The molecule has 1 N–H and O–H groups in total. The van der Waals surface area contributed by atoms with E-state index in [0.29, 0.717) is 22.0 Å². The predicted molar refractivity (Wildman–Crippen MR) is 101 cm³/mol. The van der Waals surface area contributed by atoms with Gasteiger partial charge in [-0.05, 0) is 56.2 Å². The van der Waals surface area contributed by atoms with Crippen LogP contribution in [0.4, 0.5) is 10.2 Å². The lowest BCUT2D eigenvalue weighted by atomic mass is 10.1. The molecule has 1 amide bonds. The number of hydrogen-bond donors (Lipinski definition) is 1. The number of benzene rings is 2. The molecule has 3 rings (SSSR count). The van der Waals surface area contributed by atoms with Gasteiger partial charge < -0.3 is 5.32 Å². The third-order valence-corrected chi connectivity index (χ3v) is 4.72. The quantitative estimate of drug-likeness (QED) is 0.708. The van der Waals surface area contributed by atoms with Crippen LogP contribution in [-0.4, -0.2) is 15.7 Å². The molecule has 4 nitrogen and oxygen atoms in total. The van der Waals surface area contributed by atoms with Gasteiger partial charge in [0.05, 0.1) is 6.54 Å². The van der Waals surface area contributed by atoms with Crippen LogP contribution in [0.1, 0.15) is 32.7 Å². The Morgan fingerprint density at radius 1 is 1.15 bits per heavy atom.